The van der Waals surface area contributed by atoms with Gasteiger partial charge in [0.1, 0.15) is 0 Å². The van der Waals surface area contributed by atoms with Crippen molar-refractivity contribution >= 4 is 31.4 Å². The van der Waals surface area contributed by atoms with Crippen molar-refractivity contribution in [1.29, 1.82) is 0 Å². The number of nitrogens with zero attached hydrogens (tertiary/aromatic N) is 1. The Morgan fingerprint density at radius 3 is 2.36 bits per heavy atom. The molecule has 0 aliphatic carbocycles. The number of rotatable bonds is 6. The van der Waals surface area contributed by atoms with E-state index in [9.17, 15) is 16.8 Å². The molecule has 2 aromatic carbocycles. The molecule has 1 fully saturated rings. The summed E-state index contributed by atoms with van der Waals surface area (Å²) in [4.78, 5) is 0.00347. The first kappa shape index (κ1) is 20.3. The van der Waals surface area contributed by atoms with E-state index in [1.165, 1.54) is 42.8 Å². The van der Waals surface area contributed by atoms with Gasteiger partial charge in [-0.1, -0.05) is 6.07 Å². The second-order valence-corrected chi connectivity index (χ2v) is 10.1. The maximum atomic E-state index is 12.8. The van der Waals surface area contributed by atoms with Crippen LogP contribution in [0.25, 0.3) is 0 Å². The SMILES string of the molecule is COc1ccc(S(=O)(=O)Nc2cc(N3CCCS3(=O)=O)ccc2C)cc1OC. The van der Waals surface area contributed by atoms with E-state index in [1.807, 2.05) is 0 Å². The first-order valence-corrected chi connectivity index (χ1v) is 11.6. The van der Waals surface area contributed by atoms with Crippen LogP contribution in [-0.2, 0) is 20.0 Å². The van der Waals surface area contributed by atoms with E-state index < -0.39 is 20.0 Å². The lowest BCUT2D eigenvalue weighted by molar-refractivity contribution is 0.354. The molecule has 1 heterocycles. The van der Waals surface area contributed by atoms with Crippen LogP contribution in [0.5, 0.6) is 11.5 Å². The molecular formula is C18H22N2O6S2. The van der Waals surface area contributed by atoms with Crippen LogP contribution in [0.3, 0.4) is 0 Å². The van der Waals surface area contributed by atoms with E-state index in [0.29, 0.717) is 41.4 Å². The Labute approximate surface area is 165 Å². The first-order valence-electron chi connectivity index (χ1n) is 8.54. The Morgan fingerprint density at radius 1 is 1.04 bits per heavy atom. The highest BCUT2D eigenvalue weighted by molar-refractivity contribution is 7.93. The molecular weight excluding hydrogens is 404 g/mol. The third kappa shape index (κ3) is 3.88. The molecule has 10 heteroatoms. The third-order valence-electron chi connectivity index (χ3n) is 4.52. The van der Waals surface area contributed by atoms with Crippen LogP contribution in [0.15, 0.2) is 41.3 Å². The van der Waals surface area contributed by atoms with Gasteiger partial charge in [-0.05, 0) is 43.2 Å². The monoisotopic (exact) mass is 426 g/mol. The van der Waals surface area contributed by atoms with E-state index in [0.717, 1.165) is 0 Å². The van der Waals surface area contributed by atoms with Crippen molar-refractivity contribution in [2.24, 2.45) is 0 Å². The van der Waals surface area contributed by atoms with Crippen LogP contribution in [-0.4, -0.2) is 43.4 Å². The standard InChI is InChI=1S/C18H22N2O6S2/c1-13-5-6-14(20-9-4-10-27(20,21)22)11-16(13)19-28(23,24)15-7-8-17(25-2)18(12-15)26-3/h5-8,11-12,19H,4,9-10H2,1-3H3. The Kier molecular flexibility index (Phi) is 5.44. The highest BCUT2D eigenvalue weighted by Crippen LogP contribution is 2.32. The van der Waals surface area contributed by atoms with Crippen LogP contribution >= 0.6 is 0 Å². The number of sulfonamides is 2. The van der Waals surface area contributed by atoms with Crippen molar-refractivity contribution in [3.05, 3.63) is 42.0 Å². The minimum atomic E-state index is -3.92. The van der Waals surface area contributed by atoms with Crippen molar-refractivity contribution in [3.8, 4) is 11.5 Å². The van der Waals surface area contributed by atoms with Crippen molar-refractivity contribution in [1.82, 2.24) is 0 Å². The van der Waals surface area contributed by atoms with Crippen molar-refractivity contribution in [2.45, 2.75) is 18.2 Å². The van der Waals surface area contributed by atoms with Crippen LogP contribution < -0.4 is 18.5 Å². The van der Waals surface area contributed by atoms with Gasteiger partial charge in [-0.3, -0.25) is 9.03 Å². The van der Waals surface area contributed by atoms with Crippen LogP contribution in [0, 0.1) is 6.92 Å². The largest absolute Gasteiger partial charge is 0.493 e. The van der Waals surface area contributed by atoms with Gasteiger partial charge in [0.05, 0.1) is 36.2 Å². The van der Waals surface area contributed by atoms with Gasteiger partial charge in [-0.2, -0.15) is 0 Å². The van der Waals surface area contributed by atoms with E-state index in [4.69, 9.17) is 9.47 Å². The lowest BCUT2D eigenvalue weighted by Crippen LogP contribution is -2.25. The Morgan fingerprint density at radius 2 is 1.75 bits per heavy atom. The number of methoxy groups -OCH3 is 2. The number of aryl methyl sites for hydroxylation is 1. The maximum Gasteiger partial charge on any atom is 0.262 e. The summed E-state index contributed by atoms with van der Waals surface area (Å²) in [5, 5.41) is 0. The smallest absolute Gasteiger partial charge is 0.262 e. The van der Waals surface area contributed by atoms with E-state index in [1.54, 1.807) is 19.1 Å². The molecule has 0 unspecified atom stereocenters. The van der Waals surface area contributed by atoms with Crippen LogP contribution in [0.2, 0.25) is 0 Å². The number of nitrogens with one attached hydrogen (secondary N) is 1. The normalized spacial score (nSPS) is 16.0. The minimum Gasteiger partial charge on any atom is -0.493 e. The van der Waals surface area contributed by atoms with Gasteiger partial charge in [0, 0.05) is 12.6 Å². The highest BCUT2D eigenvalue weighted by Gasteiger charge is 2.29. The Bertz CT molecular complexity index is 1100. The summed E-state index contributed by atoms with van der Waals surface area (Å²) in [6.45, 7) is 2.13. The molecule has 0 amide bonds. The fraction of sp³-hybridized carbons (Fsp3) is 0.333. The van der Waals surface area contributed by atoms with Crippen molar-refractivity contribution < 1.29 is 26.3 Å². The fourth-order valence-electron chi connectivity index (χ4n) is 2.99. The molecule has 1 N–H and O–H groups in total. The molecule has 0 aromatic heterocycles. The van der Waals surface area contributed by atoms with Crippen LogP contribution in [0.1, 0.15) is 12.0 Å². The number of anilines is 2. The molecule has 1 aliphatic heterocycles. The van der Waals surface area contributed by atoms with Crippen molar-refractivity contribution in [2.75, 3.05) is 35.5 Å². The third-order valence-corrected chi connectivity index (χ3v) is 7.75. The maximum absolute atomic E-state index is 12.8. The lowest BCUT2D eigenvalue weighted by atomic mass is 10.2. The summed E-state index contributed by atoms with van der Waals surface area (Å²) in [6, 6.07) is 9.19. The average Bonchev–Trinajstić information content (AvgIpc) is 3.01. The molecule has 1 saturated heterocycles. The van der Waals surface area contributed by atoms with Gasteiger partial charge >= 0.3 is 0 Å². The zero-order chi connectivity index (χ0) is 20.5. The summed E-state index contributed by atoms with van der Waals surface area (Å²) in [5.74, 6) is 0.797. The second-order valence-electron chi connectivity index (χ2n) is 6.36. The predicted molar refractivity (Wildman–Crippen MR) is 107 cm³/mol. The zero-order valence-corrected chi connectivity index (χ0v) is 17.4. The Balaban J connectivity index is 1.95. The van der Waals surface area contributed by atoms with Crippen LogP contribution in [0.4, 0.5) is 11.4 Å². The number of ether oxygens (including phenoxy) is 2. The molecule has 0 radical (unpaired) electrons. The predicted octanol–water partition coefficient (Wildman–Crippen LogP) is 2.35. The molecule has 28 heavy (non-hydrogen) atoms. The molecule has 8 nitrogen and oxygen atoms in total. The summed E-state index contributed by atoms with van der Waals surface area (Å²) >= 11 is 0. The molecule has 2 aromatic rings. The highest BCUT2D eigenvalue weighted by atomic mass is 32.2. The second kappa shape index (κ2) is 7.51. The van der Waals surface area contributed by atoms with Gasteiger partial charge in [0.25, 0.3) is 10.0 Å². The molecule has 0 spiro atoms. The molecule has 152 valence electrons. The minimum absolute atomic E-state index is 0.00347. The fourth-order valence-corrected chi connectivity index (χ4v) is 5.68. The lowest BCUT2D eigenvalue weighted by Gasteiger charge is -2.19. The zero-order valence-electron chi connectivity index (χ0n) is 15.8. The summed E-state index contributed by atoms with van der Waals surface area (Å²) in [7, 11) is -4.39. The number of benzene rings is 2. The summed E-state index contributed by atoms with van der Waals surface area (Å²) in [5.41, 5.74) is 1.42. The Hall–Kier alpha value is -2.46. The van der Waals surface area contributed by atoms with E-state index in [-0.39, 0.29) is 10.6 Å². The summed E-state index contributed by atoms with van der Waals surface area (Å²) in [6.07, 6.45) is 0.545. The van der Waals surface area contributed by atoms with Gasteiger partial charge in [-0.25, -0.2) is 16.8 Å². The van der Waals surface area contributed by atoms with Gasteiger partial charge in [0.15, 0.2) is 11.5 Å². The molecule has 0 bridgehead atoms. The molecule has 0 saturated carbocycles. The number of hydrogen-bond acceptors (Lipinski definition) is 6. The molecule has 3 rings (SSSR count). The van der Waals surface area contributed by atoms with E-state index >= 15 is 0 Å². The topological polar surface area (TPSA) is 102 Å². The van der Waals surface area contributed by atoms with E-state index in [2.05, 4.69) is 4.72 Å². The number of hydrogen-bond donors (Lipinski definition) is 1. The van der Waals surface area contributed by atoms with Gasteiger partial charge in [0.2, 0.25) is 10.0 Å². The quantitative estimate of drug-likeness (QED) is 0.761. The average molecular weight is 427 g/mol. The van der Waals surface area contributed by atoms with Crippen molar-refractivity contribution in [3.63, 3.8) is 0 Å². The molecule has 0 atom stereocenters. The van der Waals surface area contributed by atoms with Gasteiger partial charge in [-0.15, -0.1) is 0 Å². The molecule has 1 aliphatic rings. The first-order chi connectivity index (χ1) is 13.2. The van der Waals surface area contributed by atoms with Gasteiger partial charge < -0.3 is 9.47 Å². The summed E-state index contributed by atoms with van der Waals surface area (Å²) < 4.78 is 64.1.